The molecule has 2 heterocycles. The molecule has 3 aromatic rings. The molecule has 1 aliphatic carbocycles. The maximum Gasteiger partial charge on any atom is 0.673 e. The highest BCUT2D eigenvalue weighted by atomic mass is 19.5. The van der Waals surface area contributed by atoms with Gasteiger partial charge >= 0.3 is 7.25 Å². The average molecular weight is 646 g/mol. The summed E-state index contributed by atoms with van der Waals surface area (Å²) in [4.78, 5) is 14.7. The first-order valence-electron chi connectivity index (χ1n) is 14.8. The van der Waals surface area contributed by atoms with Crippen molar-refractivity contribution in [2.24, 2.45) is 0 Å². The van der Waals surface area contributed by atoms with Crippen LogP contribution in [0.5, 0.6) is 0 Å². The van der Waals surface area contributed by atoms with Crippen LogP contribution in [-0.2, 0) is 4.74 Å². The van der Waals surface area contributed by atoms with Crippen LogP contribution in [0.4, 0.5) is 26.0 Å². The standard InChI is InChI=1S/C36H29F2N2O2.BF4/c37-31-13-9-27(10-14-31)30-24-34(42-35(25-30)28-11-15-32(38)16-12-28)19-8-26-6-17-33(18-7-26)39-20-22-40(23-21-39)36(41)29-4-2-1-3-5-29;2-1(3,4)5/h1-19,24-25H,20-23H2;/q+1;-1/b34-19+;. The van der Waals surface area contributed by atoms with E-state index in [1.807, 2.05) is 59.5 Å². The van der Waals surface area contributed by atoms with Gasteiger partial charge in [-0.25, -0.2) is 13.4 Å². The normalized spacial score (nSPS) is 17.0. The minimum absolute atomic E-state index is 0.0761. The molecule has 11 heteroatoms. The van der Waals surface area contributed by atoms with Crippen LogP contribution in [0.1, 0.15) is 21.5 Å². The van der Waals surface area contributed by atoms with Gasteiger partial charge in [0.1, 0.15) is 23.2 Å². The third kappa shape index (κ3) is 9.59. The zero-order chi connectivity index (χ0) is 33.4. The Bertz CT molecular complexity index is 1790. The van der Waals surface area contributed by atoms with Crippen LogP contribution >= 0.6 is 0 Å². The molecule has 0 unspecified atom stereocenters. The van der Waals surface area contributed by atoms with Crippen LogP contribution in [0.25, 0.3) is 11.3 Å². The third-order valence-electron chi connectivity index (χ3n) is 7.40. The minimum Gasteiger partial charge on any atom is -0.457 e. The molecule has 0 N–H and O–H groups in total. The first kappa shape index (κ1) is 33.1. The van der Waals surface area contributed by atoms with E-state index >= 15 is 0 Å². The fraction of sp³-hybridized carbons (Fsp3) is 0.111. The van der Waals surface area contributed by atoms with E-state index in [1.165, 1.54) is 24.3 Å². The summed E-state index contributed by atoms with van der Waals surface area (Å²) in [6.07, 6.45) is 15.9. The highest BCUT2D eigenvalue weighted by Crippen LogP contribution is 2.32. The summed E-state index contributed by atoms with van der Waals surface area (Å²) < 4.78 is 74.5. The molecule has 0 atom stereocenters. The van der Waals surface area contributed by atoms with Crippen molar-refractivity contribution < 1.29 is 40.2 Å². The molecule has 1 fully saturated rings. The van der Waals surface area contributed by atoms with E-state index in [2.05, 4.69) is 28.9 Å². The number of halogens is 6. The minimum atomic E-state index is -6.00. The third-order valence-corrected chi connectivity index (χ3v) is 7.40. The monoisotopic (exact) mass is 646 g/mol. The Morgan fingerprint density at radius 2 is 1.28 bits per heavy atom. The van der Waals surface area contributed by atoms with Crippen molar-refractivity contribution in [1.29, 1.82) is 0 Å². The molecule has 0 saturated carbocycles. The Morgan fingerprint density at radius 3 is 1.85 bits per heavy atom. The van der Waals surface area contributed by atoms with Gasteiger partial charge in [0.2, 0.25) is 0 Å². The zero-order valence-electron chi connectivity index (χ0n) is 25.0. The second kappa shape index (κ2) is 14.9. The maximum atomic E-state index is 13.5. The summed E-state index contributed by atoms with van der Waals surface area (Å²) >= 11 is 0. The lowest BCUT2D eigenvalue weighted by atomic mass is 10.00. The van der Waals surface area contributed by atoms with Crippen LogP contribution in [-0.4, -0.2) is 54.5 Å². The molecule has 0 aromatic heterocycles. The van der Waals surface area contributed by atoms with Gasteiger partial charge in [-0.1, -0.05) is 36.4 Å². The van der Waals surface area contributed by atoms with Crippen LogP contribution in [0.2, 0.25) is 0 Å². The lowest BCUT2D eigenvalue weighted by Gasteiger charge is -2.26. The molecule has 2 aliphatic heterocycles. The summed E-state index contributed by atoms with van der Waals surface area (Å²) in [5.74, 6) is 0.646. The van der Waals surface area contributed by atoms with Crippen LogP contribution in [0, 0.1) is 11.6 Å². The number of piperazine rings is 1. The second-order valence-corrected chi connectivity index (χ2v) is 10.7. The topological polar surface area (TPSA) is 32.5 Å². The van der Waals surface area contributed by atoms with Crippen LogP contribution in [0.3, 0.4) is 0 Å². The van der Waals surface area contributed by atoms with Crippen molar-refractivity contribution in [1.82, 2.24) is 4.90 Å². The zero-order valence-corrected chi connectivity index (χ0v) is 25.0. The molecule has 3 aromatic carbocycles. The number of hydrogen-bond donors (Lipinski definition) is 0. The summed E-state index contributed by atoms with van der Waals surface area (Å²) in [7, 11) is -6.00. The molecule has 240 valence electrons. The van der Waals surface area contributed by atoms with Gasteiger partial charge in [0.15, 0.2) is 18.8 Å². The Balaban J connectivity index is 0.000000807. The Hall–Kier alpha value is -5.32. The predicted octanol–water partition coefficient (Wildman–Crippen LogP) is 8.27. The number of amides is 1. The molecular weight excluding hydrogens is 617 g/mol. The van der Waals surface area contributed by atoms with E-state index in [4.69, 9.17) is 4.74 Å². The largest absolute Gasteiger partial charge is 0.673 e. The van der Waals surface area contributed by atoms with Gasteiger partial charge in [0.05, 0.1) is 13.1 Å². The average Bonchev–Trinajstić information content (AvgIpc) is 3.07. The number of hydrogen-bond acceptors (Lipinski definition) is 2. The van der Waals surface area contributed by atoms with Gasteiger partial charge in [-0.15, -0.1) is 0 Å². The van der Waals surface area contributed by atoms with E-state index in [0.717, 1.165) is 46.6 Å². The molecule has 47 heavy (non-hydrogen) atoms. The Labute approximate surface area is 268 Å². The van der Waals surface area contributed by atoms with Crippen molar-refractivity contribution in [3.8, 4) is 0 Å². The highest BCUT2D eigenvalue weighted by molar-refractivity contribution is 6.50. The van der Waals surface area contributed by atoms with E-state index < -0.39 is 7.25 Å². The van der Waals surface area contributed by atoms with Crippen LogP contribution < -0.4 is 0 Å². The van der Waals surface area contributed by atoms with Gasteiger partial charge in [0.25, 0.3) is 5.91 Å². The van der Waals surface area contributed by atoms with Crippen molar-refractivity contribution in [2.45, 2.75) is 0 Å². The van der Waals surface area contributed by atoms with E-state index in [0.29, 0.717) is 24.6 Å². The lowest BCUT2D eigenvalue weighted by Crippen LogP contribution is -2.46. The highest BCUT2D eigenvalue weighted by Gasteiger charge is 2.25. The summed E-state index contributed by atoms with van der Waals surface area (Å²) in [6, 6.07) is 21.8. The number of allylic oxidation sites excluding steroid dienone is 10. The molecule has 3 aliphatic rings. The molecule has 0 spiro atoms. The molecule has 1 amide bonds. The number of carbonyl (C=O) groups is 1. The van der Waals surface area contributed by atoms with Gasteiger partial charge in [-0.3, -0.25) is 4.79 Å². The molecular formula is C36H29BF6N2O2. The number of benzene rings is 3. The molecule has 1 saturated heterocycles. The first-order valence-corrected chi connectivity index (χ1v) is 14.8. The summed E-state index contributed by atoms with van der Waals surface area (Å²) in [5, 5.41) is 0. The number of rotatable bonds is 4. The Kier molecular flexibility index (Phi) is 10.4. The van der Waals surface area contributed by atoms with Gasteiger partial charge in [-0.2, -0.15) is 0 Å². The first-order chi connectivity index (χ1) is 22.5. The quantitative estimate of drug-likeness (QED) is 0.163. The van der Waals surface area contributed by atoms with E-state index in [9.17, 15) is 30.8 Å². The number of carbonyl (C=O) groups excluding carboxylic acids is 1. The second-order valence-electron chi connectivity index (χ2n) is 10.7. The predicted molar refractivity (Wildman–Crippen MR) is 172 cm³/mol. The van der Waals surface area contributed by atoms with Crippen molar-refractivity contribution in [3.05, 3.63) is 167 Å². The fourth-order valence-corrected chi connectivity index (χ4v) is 5.08. The van der Waals surface area contributed by atoms with Gasteiger partial charge < -0.3 is 26.9 Å². The number of nitrogens with zero attached hydrogens (tertiary/aromatic N) is 2. The van der Waals surface area contributed by atoms with Crippen LogP contribution in [0.15, 0.2) is 139 Å². The smallest absolute Gasteiger partial charge is 0.457 e. The van der Waals surface area contributed by atoms with Gasteiger partial charge in [-0.05, 0) is 95.6 Å². The molecule has 0 radical (unpaired) electrons. The molecule has 6 rings (SSSR count). The summed E-state index contributed by atoms with van der Waals surface area (Å²) in [5.41, 5.74) is 5.29. The maximum absolute atomic E-state index is 13.5. The number of ether oxygens (including phenoxy) is 1. The van der Waals surface area contributed by atoms with Crippen molar-refractivity contribution >= 4 is 30.2 Å². The Morgan fingerprint density at radius 1 is 0.723 bits per heavy atom. The SMILES string of the molecule is F[B-](F)(F)F.O=C(c1ccccc1)N1CC[N+](=C2C=CC(=C/C=C3\C=C(c4ccc(F)cc4)C=C(c4ccc(F)cc4)O3)C=C2)CC1. The summed E-state index contributed by atoms with van der Waals surface area (Å²) in [6.45, 7) is 2.90. The molecule has 4 nitrogen and oxygen atoms in total. The van der Waals surface area contributed by atoms with E-state index in [-0.39, 0.29) is 17.5 Å². The fourth-order valence-electron chi connectivity index (χ4n) is 5.08. The molecule has 0 bridgehead atoms. The van der Waals surface area contributed by atoms with Gasteiger partial charge in [0, 0.05) is 23.3 Å². The van der Waals surface area contributed by atoms with Crippen molar-refractivity contribution in [3.63, 3.8) is 0 Å². The lowest BCUT2D eigenvalue weighted by molar-refractivity contribution is -0.536. The van der Waals surface area contributed by atoms with E-state index in [1.54, 1.807) is 24.3 Å². The van der Waals surface area contributed by atoms with Crippen molar-refractivity contribution in [2.75, 3.05) is 26.2 Å².